The first-order valence-corrected chi connectivity index (χ1v) is 6.40. The number of nitrogens with one attached hydrogen (secondary N) is 1. The van der Waals surface area contributed by atoms with Crippen molar-refractivity contribution in [2.75, 3.05) is 5.32 Å². The molecule has 2 aromatic rings. The molecule has 0 aliphatic carbocycles. The molecule has 7 heteroatoms. The number of anilines is 1. The highest BCUT2D eigenvalue weighted by molar-refractivity contribution is 6.03. The molecular weight excluding hydrogens is 280 g/mol. The van der Waals surface area contributed by atoms with Crippen molar-refractivity contribution in [3.8, 4) is 5.75 Å². The molecule has 0 unspecified atom stereocenters. The van der Waals surface area contributed by atoms with E-state index < -0.39 is 6.61 Å². The summed E-state index contributed by atoms with van der Waals surface area (Å²) in [5.74, 6) is -0.366. The molecule has 2 rings (SSSR count). The first kappa shape index (κ1) is 15.0. The van der Waals surface area contributed by atoms with Gasteiger partial charge in [0.15, 0.2) is 0 Å². The van der Waals surface area contributed by atoms with Gasteiger partial charge in [-0.3, -0.25) is 9.48 Å². The molecule has 0 aliphatic rings. The van der Waals surface area contributed by atoms with Crippen LogP contribution in [0.5, 0.6) is 5.75 Å². The number of rotatable bonds is 5. The Morgan fingerprint density at radius 1 is 1.43 bits per heavy atom. The lowest BCUT2D eigenvalue weighted by Crippen LogP contribution is -2.17. The van der Waals surface area contributed by atoms with Gasteiger partial charge in [0, 0.05) is 18.3 Å². The maximum absolute atomic E-state index is 12.2. The Kier molecular flexibility index (Phi) is 4.52. The van der Waals surface area contributed by atoms with Gasteiger partial charge in [-0.05, 0) is 32.0 Å². The predicted octanol–water partition coefficient (Wildman–Crippen LogP) is 3.07. The molecule has 0 fully saturated rings. The Morgan fingerprint density at radius 2 is 2.19 bits per heavy atom. The highest BCUT2D eigenvalue weighted by Gasteiger charge is 2.14. The summed E-state index contributed by atoms with van der Waals surface area (Å²) < 4.78 is 30.2. The molecule has 0 bridgehead atoms. The molecule has 1 aromatic carbocycles. The van der Waals surface area contributed by atoms with Gasteiger partial charge in [0.05, 0.1) is 5.69 Å². The van der Waals surface area contributed by atoms with Gasteiger partial charge in [-0.1, -0.05) is 6.07 Å². The number of benzene rings is 1. The summed E-state index contributed by atoms with van der Waals surface area (Å²) in [4.78, 5) is 12.2. The van der Waals surface area contributed by atoms with E-state index in [2.05, 4.69) is 15.2 Å². The average Bonchev–Trinajstić information content (AvgIpc) is 2.79. The fourth-order valence-corrected chi connectivity index (χ4v) is 1.91. The fraction of sp³-hybridized carbons (Fsp3) is 0.286. The lowest BCUT2D eigenvalue weighted by Gasteiger charge is -2.09. The SMILES string of the molecule is CCn1nc(C)cc1C(=O)Nc1cccc(OC(F)F)c1. The lowest BCUT2D eigenvalue weighted by molar-refractivity contribution is -0.0497. The number of halogens is 2. The number of hydrogen-bond acceptors (Lipinski definition) is 3. The zero-order chi connectivity index (χ0) is 15.4. The van der Waals surface area contributed by atoms with Crippen LogP contribution >= 0.6 is 0 Å². The number of aromatic nitrogens is 2. The van der Waals surface area contributed by atoms with Gasteiger partial charge in [0.25, 0.3) is 5.91 Å². The van der Waals surface area contributed by atoms with Crippen LogP contribution in [0.1, 0.15) is 23.1 Å². The second-order valence-corrected chi connectivity index (χ2v) is 4.35. The Morgan fingerprint density at radius 3 is 2.86 bits per heavy atom. The molecule has 1 heterocycles. The fourth-order valence-electron chi connectivity index (χ4n) is 1.91. The first-order valence-electron chi connectivity index (χ1n) is 6.40. The minimum absolute atomic E-state index is 0.0111. The van der Waals surface area contributed by atoms with Crippen LogP contribution in [0.25, 0.3) is 0 Å². The second kappa shape index (κ2) is 6.34. The topological polar surface area (TPSA) is 56.2 Å². The molecule has 21 heavy (non-hydrogen) atoms. The van der Waals surface area contributed by atoms with E-state index in [0.717, 1.165) is 5.69 Å². The highest BCUT2D eigenvalue weighted by Crippen LogP contribution is 2.20. The molecule has 0 saturated carbocycles. The Balaban J connectivity index is 2.15. The molecule has 0 spiro atoms. The van der Waals surface area contributed by atoms with Crippen LogP contribution in [-0.2, 0) is 6.54 Å². The number of ether oxygens (including phenoxy) is 1. The Bertz CT molecular complexity index is 641. The van der Waals surface area contributed by atoms with Crippen LogP contribution < -0.4 is 10.1 Å². The third-order valence-corrected chi connectivity index (χ3v) is 2.75. The number of aryl methyl sites for hydroxylation is 2. The smallest absolute Gasteiger partial charge is 0.387 e. The zero-order valence-corrected chi connectivity index (χ0v) is 11.6. The summed E-state index contributed by atoms with van der Waals surface area (Å²) in [7, 11) is 0. The number of hydrogen-bond donors (Lipinski definition) is 1. The lowest BCUT2D eigenvalue weighted by atomic mass is 10.3. The van der Waals surface area contributed by atoms with Gasteiger partial charge in [-0.2, -0.15) is 13.9 Å². The molecule has 1 amide bonds. The van der Waals surface area contributed by atoms with Crippen molar-refractivity contribution in [1.29, 1.82) is 0 Å². The van der Waals surface area contributed by atoms with Crippen molar-refractivity contribution < 1.29 is 18.3 Å². The number of amides is 1. The first-order chi connectivity index (χ1) is 9.99. The van der Waals surface area contributed by atoms with Crippen LogP contribution in [0, 0.1) is 6.92 Å². The Labute approximate surface area is 120 Å². The van der Waals surface area contributed by atoms with Gasteiger partial charge in [0.1, 0.15) is 11.4 Å². The molecule has 0 aliphatic heterocycles. The van der Waals surface area contributed by atoms with E-state index in [1.54, 1.807) is 23.7 Å². The van der Waals surface area contributed by atoms with Crippen LogP contribution in [0.4, 0.5) is 14.5 Å². The summed E-state index contributed by atoms with van der Waals surface area (Å²) in [6.45, 7) is 1.33. The van der Waals surface area contributed by atoms with Crippen molar-refractivity contribution in [3.63, 3.8) is 0 Å². The summed E-state index contributed by atoms with van der Waals surface area (Å²) in [6.07, 6.45) is 0. The molecule has 0 atom stereocenters. The highest BCUT2D eigenvalue weighted by atomic mass is 19.3. The van der Waals surface area contributed by atoms with Gasteiger partial charge >= 0.3 is 6.61 Å². The largest absolute Gasteiger partial charge is 0.435 e. The second-order valence-electron chi connectivity index (χ2n) is 4.35. The maximum Gasteiger partial charge on any atom is 0.387 e. The molecule has 0 radical (unpaired) electrons. The van der Waals surface area contributed by atoms with Crippen LogP contribution in [-0.4, -0.2) is 22.3 Å². The zero-order valence-electron chi connectivity index (χ0n) is 11.6. The number of carbonyl (C=O) groups is 1. The van der Waals surface area contributed by atoms with E-state index in [0.29, 0.717) is 17.9 Å². The molecular formula is C14H15F2N3O2. The third-order valence-electron chi connectivity index (χ3n) is 2.75. The molecule has 1 aromatic heterocycles. The summed E-state index contributed by atoms with van der Waals surface area (Å²) in [6, 6.07) is 7.51. The molecule has 1 N–H and O–H groups in total. The standard InChI is InChI=1S/C14H15F2N3O2/c1-3-19-12(7-9(2)18-19)13(20)17-10-5-4-6-11(8-10)21-14(15)16/h4-8,14H,3H2,1-2H3,(H,17,20). The van der Waals surface area contributed by atoms with Crippen LogP contribution in [0.3, 0.4) is 0 Å². The number of alkyl halides is 2. The van der Waals surface area contributed by atoms with Gasteiger partial charge in [-0.15, -0.1) is 0 Å². The van der Waals surface area contributed by atoms with Crippen molar-refractivity contribution in [3.05, 3.63) is 41.7 Å². The van der Waals surface area contributed by atoms with Crippen molar-refractivity contribution in [1.82, 2.24) is 9.78 Å². The maximum atomic E-state index is 12.2. The number of nitrogens with zero attached hydrogens (tertiary/aromatic N) is 2. The van der Waals surface area contributed by atoms with Gasteiger partial charge in [-0.25, -0.2) is 0 Å². The van der Waals surface area contributed by atoms with E-state index in [4.69, 9.17) is 0 Å². The minimum Gasteiger partial charge on any atom is -0.435 e. The minimum atomic E-state index is -2.90. The molecule has 112 valence electrons. The van der Waals surface area contributed by atoms with Gasteiger partial charge < -0.3 is 10.1 Å². The summed E-state index contributed by atoms with van der Waals surface area (Å²) in [5.41, 5.74) is 1.52. The average molecular weight is 295 g/mol. The quantitative estimate of drug-likeness (QED) is 0.922. The summed E-state index contributed by atoms with van der Waals surface area (Å²) in [5, 5.41) is 6.82. The normalized spacial score (nSPS) is 10.7. The Hall–Kier alpha value is -2.44. The van der Waals surface area contributed by atoms with E-state index in [-0.39, 0.29) is 11.7 Å². The van der Waals surface area contributed by atoms with Crippen molar-refractivity contribution in [2.24, 2.45) is 0 Å². The van der Waals surface area contributed by atoms with Crippen LogP contribution in [0.15, 0.2) is 30.3 Å². The predicted molar refractivity (Wildman–Crippen MR) is 73.7 cm³/mol. The molecule has 0 saturated heterocycles. The van der Waals surface area contributed by atoms with Crippen LogP contribution in [0.2, 0.25) is 0 Å². The van der Waals surface area contributed by atoms with E-state index >= 15 is 0 Å². The monoisotopic (exact) mass is 295 g/mol. The molecule has 5 nitrogen and oxygen atoms in total. The number of carbonyl (C=O) groups excluding carboxylic acids is 1. The summed E-state index contributed by atoms with van der Waals surface area (Å²) >= 11 is 0. The van der Waals surface area contributed by atoms with E-state index in [1.807, 2.05) is 6.92 Å². The van der Waals surface area contributed by atoms with E-state index in [1.165, 1.54) is 18.2 Å². The van der Waals surface area contributed by atoms with Crippen molar-refractivity contribution >= 4 is 11.6 Å². The third kappa shape index (κ3) is 3.77. The van der Waals surface area contributed by atoms with Gasteiger partial charge in [0.2, 0.25) is 0 Å². The van der Waals surface area contributed by atoms with Crippen molar-refractivity contribution in [2.45, 2.75) is 27.0 Å². The van der Waals surface area contributed by atoms with E-state index in [9.17, 15) is 13.6 Å².